The van der Waals surface area contributed by atoms with Crippen molar-refractivity contribution < 1.29 is 17.6 Å². The van der Waals surface area contributed by atoms with Gasteiger partial charge in [0.05, 0.1) is 5.69 Å². The molecule has 0 radical (unpaired) electrons. The summed E-state index contributed by atoms with van der Waals surface area (Å²) in [5.41, 5.74) is 2.22. The number of nitrogens with zero attached hydrogens (tertiary/aromatic N) is 1. The maximum Gasteiger partial charge on any atom is 0.267 e. The van der Waals surface area contributed by atoms with Gasteiger partial charge in [0.2, 0.25) is 0 Å². The van der Waals surface area contributed by atoms with Gasteiger partial charge in [-0.25, -0.2) is 12.8 Å². The van der Waals surface area contributed by atoms with Gasteiger partial charge in [0.1, 0.15) is 15.6 Å². The van der Waals surface area contributed by atoms with Gasteiger partial charge in [-0.1, -0.05) is 23.8 Å². The summed E-state index contributed by atoms with van der Waals surface area (Å²) in [5, 5.41) is 4.10. The molecule has 0 atom stereocenters. The standard InChI is InChI=1S/C20H19FN2O3S2/c1-13-4-8-16(9-5-13)23(3)28(25,26)18-10-11-27-19(18)20(24)22-15-7-6-14(2)17(21)12-15/h4-12H,1-3H3,(H,22,24). The van der Waals surface area contributed by atoms with E-state index in [0.29, 0.717) is 11.3 Å². The van der Waals surface area contributed by atoms with E-state index in [4.69, 9.17) is 0 Å². The first-order valence-electron chi connectivity index (χ1n) is 8.41. The number of aryl methyl sites for hydroxylation is 2. The molecule has 0 aliphatic carbocycles. The van der Waals surface area contributed by atoms with Crippen LogP contribution in [-0.2, 0) is 10.0 Å². The molecule has 0 fully saturated rings. The molecule has 8 heteroatoms. The second-order valence-electron chi connectivity index (χ2n) is 6.34. The second kappa shape index (κ2) is 7.73. The predicted octanol–water partition coefficient (Wildman–Crippen LogP) is 4.58. The molecule has 0 saturated carbocycles. The molecule has 0 aliphatic rings. The summed E-state index contributed by atoms with van der Waals surface area (Å²) in [6.45, 7) is 3.53. The van der Waals surface area contributed by atoms with E-state index in [2.05, 4.69) is 5.32 Å². The average molecular weight is 419 g/mol. The minimum absolute atomic E-state index is 0.0416. The van der Waals surface area contributed by atoms with Crippen molar-refractivity contribution in [3.05, 3.63) is 75.7 Å². The SMILES string of the molecule is Cc1ccc(N(C)S(=O)(=O)c2ccsc2C(=O)Nc2ccc(C)c(F)c2)cc1. The molecule has 3 rings (SSSR count). The van der Waals surface area contributed by atoms with Crippen LogP contribution in [0.3, 0.4) is 0 Å². The maximum absolute atomic E-state index is 13.7. The normalized spacial score (nSPS) is 11.3. The highest BCUT2D eigenvalue weighted by molar-refractivity contribution is 7.93. The van der Waals surface area contributed by atoms with Crippen molar-refractivity contribution in [3.63, 3.8) is 0 Å². The number of carbonyl (C=O) groups is 1. The lowest BCUT2D eigenvalue weighted by molar-refractivity contribution is 0.102. The minimum Gasteiger partial charge on any atom is -0.321 e. The molecule has 146 valence electrons. The third kappa shape index (κ3) is 3.93. The second-order valence-corrected chi connectivity index (χ2v) is 9.19. The fraction of sp³-hybridized carbons (Fsp3) is 0.150. The fourth-order valence-electron chi connectivity index (χ4n) is 2.57. The number of amides is 1. The zero-order chi connectivity index (χ0) is 20.5. The van der Waals surface area contributed by atoms with Crippen LogP contribution in [0.2, 0.25) is 0 Å². The zero-order valence-corrected chi connectivity index (χ0v) is 17.2. The number of hydrogen-bond acceptors (Lipinski definition) is 4. The van der Waals surface area contributed by atoms with Gasteiger partial charge in [0.25, 0.3) is 15.9 Å². The molecule has 0 bridgehead atoms. The molecule has 3 aromatic rings. The lowest BCUT2D eigenvalue weighted by atomic mass is 10.2. The summed E-state index contributed by atoms with van der Waals surface area (Å²) in [5.74, 6) is -1.05. The van der Waals surface area contributed by atoms with Gasteiger partial charge in [0, 0.05) is 12.7 Å². The summed E-state index contributed by atoms with van der Waals surface area (Å²) in [7, 11) is -2.50. The van der Waals surface area contributed by atoms with Crippen LogP contribution in [0.15, 0.2) is 58.8 Å². The molecule has 28 heavy (non-hydrogen) atoms. The molecule has 1 amide bonds. The van der Waals surface area contributed by atoms with Gasteiger partial charge in [-0.2, -0.15) is 0 Å². The van der Waals surface area contributed by atoms with Crippen molar-refractivity contribution in [2.75, 3.05) is 16.7 Å². The molecule has 0 saturated heterocycles. The largest absolute Gasteiger partial charge is 0.321 e. The van der Waals surface area contributed by atoms with Gasteiger partial charge in [-0.15, -0.1) is 11.3 Å². The number of carbonyl (C=O) groups excluding carboxylic acids is 1. The van der Waals surface area contributed by atoms with Crippen molar-refractivity contribution >= 4 is 38.6 Å². The Kier molecular flexibility index (Phi) is 5.53. The summed E-state index contributed by atoms with van der Waals surface area (Å²) in [6, 6.07) is 12.7. The van der Waals surface area contributed by atoms with Crippen LogP contribution in [0, 0.1) is 19.7 Å². The number of rotatable bonds is 5. The Morgan fingerprint density at radius 3 is 2.39 bits per heavy atom. The molecule has 5 nitrogen and oxygen atoms in total. The van der Waals surface area contributed by atoms with Crippen molar-refractivity contribution in [1.82, 2.24) is 0 Å². The Hall–Kier alpha value is -2.71. The lowest BCUT2D eigenvalue weighted by Gasteiger charge is -2.19. The number of sulfonamides is 1. The molecule has 1 aromatic heterocycles. The number of anilines is 2. The van der Waals surface area contributed by atoms with Crippen LogP contribution in [-0.4, -0.2) is 21.4 Å². The van der Waals surface area contributed by atoms with Crippen LogP contribution < -0.4 is 9.62 Å². The summed E-state index contributed by atoms with van der Waals surface area (Å²) in [6.07, 6.45) is 0. The Bertz CT molecular complexity index is 1120. The topological polar surface area (TPSA) is 66.5 Å². The average Bonchev–Trinajstić information content (AvgIpc) is 3.16. The van der Waals surface area contributed by atoms with E-state index in [1.807, 2.05) is 19.1 Å². The van der Waals surface area contributed by atoms with E-state index in [0.717, 1.165) is 21.2 Å². The third-order valence-electron chi connectivity index (χ3n) is 4.30. The van der Waals surface area contributed by atoms with Gasteiger partial charge in [0.15, 0.2) is 0 Å². The Morgan fingerprint density at radius 2 is 1.75 bits per heavy atom. The molecule has 0 unspecified atom stereocenters. The maximum atomic E-state index is 13.7. The Morgan fingerprint density at radius 1 is 1.07 bits per heavy atom. The molecule has 1 heterocycles. The van der Waals surface area contributed by atoms with E-state index in [1.165, 1.54) is 19.2 Å². The predicted molar refractivity (Wildman–Crippen MR) is 110 cm³/mol. The van der Waals surface area contributed by atoms with E-state index in [-0.39, 0.29) is 15.5 Å². The molecular weight excluding hydrogens is 399 g/mol. The van der Waals surface area contributed by atoms with Gasteiger partial charge >= 0.3 is 0 Å². The molecular formula is C20H19FN2O3S2. The number of hydrogen-bond donors (Lipinski definition) is 1. The Balaban J connectivity index is 1.90. The van der Waals surface area contributed by atoms with E-state index >= 15 is 0 Å². The summed E-state index contributed by atoms with van der Waals surface area (Å²) in [4.78, 5) is 12.6. The first-order valence-corrected chi connectivity index (χ1v) is 10.7. The summed E-state index contributed by atoms with van der Waals surface area (Å²) >= 11 is 1.01. The first kappa shape index (κ1) is 20.0. The van der Waals surface area contributed by atoms with Crippen LogP contribution in [0.5, 0.6) is 0 Å². The number of nitrogens with one attached hydrogen (secondary N) is 1. The smallest absolute Gasteiger partial charge is 0.267 e. The first-order chi connectivity index (χ1) is 13.2. The fourth-order valence-corrected chi connectivity index (χ4v) is 5.06. The molecule has 0 aliphatic heterocycles. The van der Waals surface area contributed by atoms with Gasteiger partial charge in [-0.05, 0) is 55.1 Å². The monoisotopic (exact) mass is 418 g/mol. The highest BCUT2D eigenvalue weighted by Gasteiger charge is 2.28. The molecule has 1 N–H and O–H groups in total. The van der Waals surface area contributed by atoms with Crippen LogP contribution in [0.25, 0.3) is 0 Å². The number of benzene rings is 2. The highest BCUT2D eigenvalue weighted by Crippen LogP contribution is 2.29. The molecule has 2 aromatic carbocycles. The van der Waals surface area contributed by atoms with Crippen molar-refractivity contribution in [3.8, 4) is 0 Å². The van der Waals surface area contributed by atoms with Gasteiger partial charge in [-0.3, -0.25) is 9.10 Å². The zero-order valence-electron chi connectivity index (χ0n) is 15.6. The quantitative estimate of drug-likeness (QED) is 0.659. The third-order valence-corrected chi connectivity index (χ3v) is 7.17. The van der Waals surface area contributed by atoms with Crippen molar-refractivity contribution in [1.29, 1.82) is 0 Å². The number of halogens is 1. The van der Waals surface area contributed by atoms with E-state index in [9.17, 15) is 17.6 Å². The van der Waals surface area contributed by atoms with Crippen molar-refractivity contribution in [2.24, 2.45) is 0 Å². The molecule has 0 spiro atoms. The lowest BCUT2D eigenvalue weighted by Crippen LogP contribution is -2.28. The van der Waals surface area contributed by atoms with E-state index < -0.39 is 21.7 Å². The van der Waals surface area contributed by atoms with E-state index in [1.54, 1.807) is 36.6 Å². The van der Waals surface area contributed by atoms with Gasteiger partial charge < -0.3 is 5.32 Å². The minimum atomic E-state index is -3.94. The van der Waals surface area contributed by atoms with Crippen LogP contribution in [0.1, 0.15) is 20.8 Å². The summed E-state index contributed by atoms with van der Waals surface area (Å²) < 4.78 is 40.9. The van der Waals surface area contributed by atoms with Crippen molar-refractivity contribution in [2.45, 2.75) is 18.7 Å². The Labute approximate surface area is 167 Å². The van der Waals surface area contributed by atoms with Crippen LogP contribution >= 0.6 is 11.3 Å². The van der Waals surface area contributed by atoms with Crippen LogP contribution in [0.4, 0.5) is 15.8 Å². The highest BCUT2D eigenvalue weighted by atomic mass is 32.2. The number of thiophene rings is 1.